The molecule has 1 fully saturated rings. The number of fused-ring (bicyclic) bond motifs is 1. The monoisotopic (exact) mass is 411 g/mol. The van der Waals surface area contributed by atoms with Crippen LogP contribution in [0.4, 0.5) is 0 Å². The first-order chi connectivity index (χ1) is 15.0. The van der Waals surface area contributed by atoms with Gasteiger partial charge >= 0.3 is 0 Å². The molecule has 3 aromatic rings. The maximum Gasteiger partial charge on any atom is 0.262 e. The Morgan fingerprint density at radius 1 is 1.10 bits per heavy atom. The number of hydrogen-bond donors (Lipinski definition) is 1. The minimum Gasteiger partial charge on any atom is -0.348 e. The Morgan fingerprint density at radius 2 is 1.84 bits per heavy atom. The van der Waals surface area contributed by atoms with Crippen molar-refractivity contribution >= 4 is 22.8 Å². The van der Waals surface area contributed by atoms with E-state index in [0.717, 1.165) is 41.9 Å². The van der Waals surface area contributed by atoms with Crippen molar-refractivity contribution in [3.05, 3.63) is 71.1 Å². The zero-order valence-corrected chi connectivity index (χ0v) is 18.5. The number of rotatable bonds is 4. The summed E-state index contributed by atoms with van der Waals surface area (Å²) in [5.41, 5.74) is 4.22. The maximum atomic E-state index is 12.8. The highest BCUT2D eigenvalue weighted by Crippen LogP contribution is 2.27. The van der Waals surface area contributed by atoms with Crippen LogP contribution in [0, 0.1) is 31.1 Å². The second kappa shape index (κ2) is 8.81. The Morgan fingerprint density at radius 3 is 2.58 bits per heavy atom. The first-order valence-electron chi connectivity index (χ1n) is 11.1. The van der Waals surface area contributed by atoms with Crippen LogP contribution in [0.25, 0.3) is 22.5 Å². The molecule has 1 aliphatic rings. The second-order valence-corrected chi connectivity index (χ2v) is 8.70. The van der Waals surface area contributed by atoms with Gasteiger partial charge in [0, 0.05) is 23.1 Å². The third-order valence-corrected chi connectivity index (χ3v) is 6.55. The Balaban J connectivity index is 1.64. The lowest BCUT2D eigenvalue weighted by atomic mass is 9.86. The number of aryl methyl sites for hydroxylation is 1. The number of nitriles is 1. The average Bonchev–Trinajstić information content (AvgIpc) is 3.06. The molecular weight excluding hydrogens is 382 g/mol. The highest BCUT2D eigenvalue weighted by molar-refractivity contribution is 6.02. The summed E-state index contributed by atoms with van der Waals surface area (Å²) in [6, 6.07) is 19.0. The minimum absolute atomic E-state index is 0.156. The molecule has 1 aliphatic carbocycles. The van der Waals surface area contributed by atoms with E-state index in [1.54, 1.807) is 6.08 Å². The third-order valence-electron chi connectivity index (χ3n) is 6.55. The molecule has 31 heavy (non-hydrogen) atoms. The van der Waals surface area contributed by atoms with Crippen LogP contribution in [0.1, 0.15) is 49.6 Å². The first-order valence-corrected chi connectivity index (χ1v) is 11.1. The molecule has 158 valence electrons. The fraction of sp³-hybridized carbons (Fsp3) is 0.333. The summed E-state index contributed by atoms with van der Waals surface area (Å²) < 4.78 is 2.17. The van der Waals surface area contributed by atoms with Gasteiger partial charge in [0.2, 0.25) is 0 Å². The van der Waals surface area contributed by atoms with E-state index >= 15 is 0 Å². The predicted molar refractivity (Wildman–Crippen MR) is 126 cm³/mol. The topological polar surface area (TPSA) is 57.8 Å². The van der Waals surface area contributed by atoms with E-state index in [1.807, 2.05) is 25.1 Å². The van der Waals surface area contributed by atoms with E-state index in [0.29, 0.717) is 5.92 Å². The smallest absolute Gasteiger partial charge is 0.262 e. The molecule has 0 bridgehead atoms. The zero-order chi connectivity index (χ0) is 22.0. The normalized spacial score (nSPS) is 19.2. The Kier molecular flexibility index (Phi) is 5.95. The Bertz CT molecular complexity index is 1190. The number of aromatic nitrogens is 1. The number of carbonyl (C=O) groups is 1. The van der Waals surface area contributed by atoms with Gasteiger partial charge in [0.15, 0.2) is 0 Å². The molecule has 0 saturated heterocycles. The molecule has 0 radical (unpaired) electrons. The lowest BCUT2D eigenvalue weighted by molar-refractivity contribution is -0.118. The van der Waals surface area contributed by atoms with Crippen LogP contribution in [0.5, 0.6) is 0 Å². The highest BCUT2D eigenvalue weighted by Gasteiger charge is 2.24. The quantitative estimate of drug-likeness (QED) is 0.432. The molecule has 4 heteroatoms. The van der Waals surface area contributed by atoms with Gasteiger partial charge in [0.1, 0.15) is 11.6 Å². The first kappa shape index (κ1) is 20.9. The van der Waals surface area contributed by atoms with Crippen LogP contribution < -0.4 is 5.32 Å². The summed E-state index contributed by atoms with van der Waals surface area (Å²) in [7, 11) is 0. The molecule has 1 N–H and O–H groups in total. The average molecular weight is 412 g/mol. The van der Waals surface area contributed by atoms with E-state index in [2.05, 4.69) is 60.1 Å². The summed E-state index contributed by atoms with van der Waals surface area (Å²) in [6.07, 6.45) is 6.19. The van der Waals surface area contributed by atoms with Crippen molar-refractivity contribution in [2.75, 3.05) is 0 Å². The molecule has 0 aliphatic heterocycles. The summed E-state index contributed by atoms with van der Waals surface area (Å²) in [5.74, 6) is 0.187. The van der Waals surface area contributed by atoms with Crippen molar-refractivity contribution in [3.8, 4) is 11.8 Å². The molecular formula is C27H29N3O. The molecule has 4 rings (SSSR count). The number of amides is 1. The molecule has 0 spiro atoms. The standard InChI is InChI=1S/C27H29N3O/c1-18-8-4-7-11-26(18)29-27(31)24(17-28)15-23-14-19(2)30(20(23)3)25-13-12-21-9-5-6-10-22(21)16-25/h5-6,9-10,12-16,18,26H,4,7-8,11H2,1-3H3,(H,29,31)/b24-15+/t18-,26+/m0/s1. The van der Waals surface area contributed by atoms with Crippen molar-refractivity contribution in [2.45, 2.75) is 52.5 Å². The zero-order valence-electron chi connectivity index (χ0n) is 18.5. The Hall–Kier alpha value is -3.32. The number of carbonyl (C=O) groups excluding carboxylic acids is 1. The highest BCUT2D eigenvalue weighted by atomic mass is 16.1. The molecule has 0 unspecified atom stereocenters. The van der Waals surface area contributed by atoms with Gasteiger partial charge in [0.25, 0.3) is 5.91 Å². The fourth-order valence-electron chi connectivity index (χ4n) is 4.73. The number of hydrogen-bond acceptors (Lipinski definition) is 2. The van der Waals surface area contributed by atoms with Crippen molar-refractivity contribution in [1.29, 1.82) is 5.26 Å². The van der Waals surface area contributed by atoms with E-state index in [-0.39, 0.29) is 17.5 Å². The van der Waals surface area contributed by atoms with Gasteiger partial charge < -0.3 is 9.88 Å². The molecule has 1 aromatic heterocycles. The lowest BCUT2D eigenvalue weighted by Crippen LogP contribution is -2.41. The van der Waals surface area contributed by atoms with Crippen molar-refractivity contribution in [1.82, 2.24) is 9.88 Å². The van der Waals surface area contributed by atoms with Gasteiger partial charge in [-0.3, -0.25) is 4.79 Å². The summed E-state index contributed by atoms with van der Waals surface area (Å²) in [5, 5.41) is 15.2. The van der Waals surface area contributed by atoms with Crippen molar-refractivity contribution < 1.29 is 4.79 Å². The SMILES string of the molecule is Cc1cc(/C=C(\C#N)C(=O)N[C@@H]2CCCC[C@@H]2C)c(C)n1-c1ccc2ccccc2c1. The van der Waals surface area contributed by atoms with Gasteiger partial charge in [-0.2, -0.15) is 5.26 Å². The summed E-state index contributed by atoms with van der Waals surface area (Å²) >= 11 is 0. The summed E-state index contributed by atoms with van der Waals surface area (Å²) in [6.45, 7) is 6.26. The van der Waals surface area contributed by atoms with Crippen molar-refractivity contribution in [2.24, 2.45) is 5.92 Å². The van der Waals surface area contributed by atoms with E-state index in [9.17, 15) is 10.1 Å². The molecule has 4 nitrogen and oxygen atoms in total. The van der Waals surface area contributed by atoms with Crippen LogP contribution in [0.15, 0.2) is 54.1 Å². The maximum absolute atomic E-state index is 12.8. The third kappa shape index (κ3) is 4.27. The fourth-order valence-corrected chi connectivity index (χ4v) is 4.73. The molecule has 1 amide bonds. The molecule has 2 atom stereocenters. The van der Waals surface area contributed by atoms with Gasteiger partial charge in [-0.05, 0) is 73.2 Å². The number of nitrogens with zero attached hydrogens (tertiary/aromatic N) is 2. The van der Waals surface area contributed by atoms with E-state index < -0.39 is 0 Å². The van der Waals surface area contributed by atoms with E-state index in [1.165, 1.54) is 17.2 Å². The molecule has 1 heterocycles. The lowest BCUT2D eigenvalue weighted by Gasteiger charge is -2.29. The van der Waals surface area contributed by atoms with Crippen LogP contribution in [-0.4, -0.2) is 16.5 Å². The van der Waals surface area contributed by atoms with E-state index in [4.69, 9.17) is 0 Å². The predicted octanol–water partition coefficient (Wildman–Crippen LogP) is 5.85. The van der Waals surface area contributed by atoms with Crippen LogP contribution >= 0.6 is 0 Å². The van der Waals surface area contributed by atoms with Crippen LogP contribution in [0.2, 0.25) is 0 Å². The minimum atomic E-state index is -0.267. The number of nitrogens with one attached hydrogen (secondary N) is 1. The molecule has 2 aromatic carbocycles. The Labute approximate surface area is 184 Å². The van der Waals surface area contributed by atoms with Gasteiger partial charge in [0.05, 0.1) is 0 Å². The summed E-state index contributed by atoms with van der Waals surface area (Å²) in [4.78, 5) is 12.8. The largest absolute Gasteiger partial charge is 0.348 e. The number of benzene rings is 2. The van der Waals surface area contributed by atoms with Gasteiger partial charge in [-0.25, -0.2) is 0 Å². The van der Waals surface area contributed by atoms with Crippen molar-refractivity contribution in [3.63, 3.8) is 0 Å². The second-order valence-electron chi connectivity index (χ2n) is 8.70. The van der Waals surface area contributed by atoms with Gasteiger partial charge in [-0.1, -0.05) is 50.1 Å². The van der Waals surface area contributed by atoms with Gasteiger partial charge in [-0.15, -0.1) is 0 Å². The van der Waals surface area contributed by atoms with Crippen LogP contribution in [0.3, 0.4) is 0 Å². The molecule has 1 saturated carbocycles. The van der Waals surface area contributed by atoms with Crippen LogP contribution in [-0.2, 0) is 4.79 Å².